The molecule has 0 radical (unpaired) electrons. The van der Waals surface area contributed by atoms with Crippen LogP contribution >= 0.6 is 11.6 Å². The average Bonchev–Trinajstić information content (AvgIpc) is 3.18. The lowest BCUT2D eigenvalue weighted by Crippen LogP contribution is -2.25. The van der Waals surface area contributed by atoms with Gasteiger partial charge in [-0.05, 0) is 39.2 Å². The van der Waals surface area contributed by atoms with Crippen molar-refractivity contribution in [1.29, 1.82) is 0 Å². The quantitative estimate of drug-likeness (QED) is 0.621. The highest BCUT2D eigenvalue weighted by Crippen LogP contribution is 2.19. The van der Waals surface area contributed by atoms with E-state index >= 15 is 0 Å². The average molecular weight is 297 g/mol. The third-order valence-electron chi connectivity index (χ3n) is 3.72. The smallest absolute Gasteiger partial charge is 0.220 e. The fourth-order valence-electron chi connectivity index (χ4n) is 2.42. The minimum Gasteiger partial charge on any atom is -0.353 e. The molecular formula is C15H21ClN2O2. The molecule has 0 aliphatic heterocycles. The van der Waals surface area contributed by atoms with Crippen molar-refractivity contribution in [2.45, 2.75) is 52.1 Å². The van der Waals surface area contributed by atoms with Crippen LogP contribution in [0.3, 0.4) is 0 Å². The summed E-state index contributed by atoms with van der Waals surface area (Å²) in [7, 11) is 0. The summed E-state index contributed by atoms with van der Waals surface area (Å²) in [6.07, 6.45) is 3.55. The zero-order valence-electron chi connectivity index (χ0n) is 12.0. The van der Waals surface area contributed by atoms with Crippen molar-refractivity contribution in [3.8, 4) is 0 Å². The van der Waals surface area contributed by atoms with Gasteiger partial charge in [-0.2, -0.15) is 0 Å². The fraction of sp³-hybridized carbons (Fsp3) is 0.600. The zero-order valence-corrected chi connectivity index (χ0v) is 12.8. The first-order valence-corrected chi connectivity index (χ1v) is 7.61. The number of carbonyl (C=O) groups excluding carboxylic acids is 2. The summed E-state index contributed by atoms with van der Waals surface area (Å²) in [5.41, 5.74) is 2.68. The van der Waals surface area contributed by atoms with Crippen LogP contribution in [-0.2, 0) is 11.3 Å². The topological polar surface area (TPSA) is 51.1 Å². The van der Waals surface area contributed by atoms with Crippen LogP contribution < -0.4 is 5.32 Å². The number of aryl methyl sites for hydroxylation is 1. The number of halogens is 1. The van der Waals surface area contributed by atoms with E-state index in [9.17, 15) is 9.59 Å². The van der Waals surface area contributed by atoms with Gasteiger partial charge in [0.05, 0.1) is 5.88 Å². The Balaban J connectivity index is 1.90. The number of amides is 1. The van der Waals surface area contributed by atoms with Gasteiger partial charge in [0.1, 0.15) is 0 Å². The van der Waals surface area contributed by atoms with Crippen molar-refractivity contribution in [2.75, 3.05) is 5.88 Å². The van der Waals surface area contributed by atoms with Gasteiger partial charge < -0.3 is 9.88 Å². The highest BCUT2D eigenvalue weighted by atomic mass is 35.5. The van der Waals surface area contributed by atoms with E-state index in [-0.39, 0.29) is 17.6 Å². The van der Waals surface area contributed by atoms with Crippen LogP contribution in [0.2, 0.25) is 0 Å². The molecule has 0 aromatic carbocycles. The Morgan fingerprint density at radius 2 is 2.10 bits per heavy atom. The van der Waals surface area contributed by atoms with Crippen LogP contribution in [0.5, 0.6) is 0 Å². The van der Waals surface area contributed by atoms with Gasteiger partial charge in [-0.15, -0.1) is 11.6 Å². The molecule has 1 aliphatic carbocycles. The first kappa shape index (κ1) is 15.1. The molecule has 0 atom stereocenters. The maximum Gasteiger partial charge on any atom is 0.220 e. The predicted octanol–water partition coefficient (Wildman–Crippen LogP) is 2.59. The molecule has 110 valence electrons. The molecule has 5 heteroatoms. The van der Waals surface area contributed by atoms with E-state index in [2.05, 4.69) is 9.88 Å². The lowest BCUT2D eigenvalue weighted by atomic mass is 10.2. The summed E-state index contributed by atoms with van der Waals surface area (Å²) in [6, 6.07) is 2.30. The van der Waals surface area contributed by atoms with Crippen LogP contribution in [0.15, 0.2) is 6.07 Å². The molecule has 1 N–H and O–H groups in total. The van der Waals surface area contributed by atoms with E-state index in [0.29, 0.717) is 18.0 Å². The molecule has 1 aromatic rings. The number of rotatable bonds is 7. The largest absolute Gasteiger partial charge is 0.353 e. The lowest BCUT2D eigenvalue weighted by Gasteiger charge is -2.09. The molecule has 1 aliphatic rings. The summed E-state index contributed by atoms with van der Waals surface area (Å²) in [5.74, 6) is 0.0955. The Morgan fingerprint density at radius 1 is 1.40 bits per heavy atom. The molecule has 1 aromatic heterocycles. The number of Topliss-reactive ketones (excluding diaryl/α,β-unsaturated/α-hetero) is 1. The summed E-state index contributed by atoms with van der Waals surface area (Å²) in [4.78, 5) is 23.3. The Kier molecular flexibility index (Phi) is 4.86. The molecule has 0 saturated heterocycles. The van der Waals surface area contributed by atoms with Gasteiger partial charge in [0.2, 0.25) is 5.91 Å². The molecule has 4 nitrogen and oxygen atoms in total. The highest BCUT2D eigenvalue weighted by Gasteiger charge is 2.22. The van der Waals surface area contributed by atoms with Crippen LogP contribution in [0, 0.1) is 13.8 Å². The van der Waals surface area contributed by atoms with Crippen LogP contribution in [0.25, 0.3) is 0 Å². The summed E-state index contributed by atoms with van der Waals surface area (Å²) in [6.45, 7) is 4.66. The Hall–Kier alpha value is -1.29. The standard InChI is InChI=1S/C15H21ClN2O2/c1-10-8-13(14(19)9-16)11(2)18(10)7-3-4-15(20)17-12-5-6-12/h8,12H,3-7,9H2,1-2H3,(H,17,20). The predicted molar refractivity (Wildman–Crippen MR) is 79.4 cm³/mol. The number of nitrogens with zero attached hydrogens (tertiary/aromatic N) is 1. The van der Waals surface area contributed by atoms with E-state index in [0.717, 1.165) is 37.2 Å². The van der Waals surface area contributed by atoms with Crippen molar-refractivity contribution in [1.82, 2.24) is 9.88 Å². The number of ketones is 1. The fourth-order valence-corrected chi connectivity index (χ4v) is 2.57. The molecular weight excluding hydrogens is 276 g/mol. The van der Waals surface area contributed by atoms with Crippen molar-refractivity contribution in [2.24, 2.45) is 0 Å². The second-order valence-corrected chi connectivity index (χ2v) is 5.71. The summed E-state index contributed by atoms with van der Waals surface area (Å²) >= 11 is 5.61. The maximum atomic E-state index is 11.7. The van der Waals surface area contributed by atoms with Crippen molar-refractivity contribution in [3.05, 3.63) is 23.0 Å². The first-order chi connectivity index (χ1) is 9.52. The van der Waals surface area contributed by atoms with Crippen LogP contribution in [0.4, 0.5) is 0 Å². The Morgan fingerprint density at radius 3 is 2.70 bits per heavy atom. The second-order valence-electron chi connectivity index (χ2n) is 5.44. The number of nitrogens with one attached hydrogen (secondary N) is 1. The van der Waals surface area contributed by atoms with Crippen LogP contribution in [0.1, 0.15) is 47.4 Å². The van der Waals surface area contributed by atoms with Crippen molar-refractivity contribution >= 4 is 23.3 Å². The number of aromatic nitrogens is 1. The van der Waals surface area contributed by atoms with Gasteiger partial charge in [0.25, 0.3) is 0 Å². The maximum absolute atomic E-state index is 11.7. The molecule has 2 rings (SSSR count). The summed E-state index contributed by atoms with van der Waals surface area (Å²) in [5, 5.41) is 2.98. The van der Waals surface area contributed by atoms with E-state index in [1.54, 1.807) is 0 Å². The third-order valence-corrected chi connectivity index (χ3v) is 3.97. The first-order valence-electron chi connectivity index (χ1n) is 7.08. The lowest BCUT2D eigenvalue weighted by molar-refractivity contribution is -0.121. The minimum atomic E-state index is -0.0440. The Labute approximate surface area is 124 Å². The van der Waals surface area contributed by atoms with Gasteiger partial charge in [0, 0.05) is 36.0 Å². The monoisotopic (exact) mass is 296 g/mol. The van der Waals surface area contributed by atoms with Gasteiger partial charge >= 0.3 is 0 Å². The number of hydrogen-bond donors (Lipinski definition) is 1. The zero-order chi connectivity index (χ0) is 14.7. The van der Waals surface area contributed by atoms with E-state index in [4.69, 9.17) is 11.6 Å². The Bertz CT molecular complexity index is 518. The van der Waals surface area contributed by atoms with E-state index in [1.165, 1.54) is 0 Å². The number of hydrogen-bond acceptors (Lipinski definition) is 2. The van der Waals surface area contributed by atoms with E-state index in [1.807, 2.05) is 19.9 Å². The molecule has 0 spiro atoms. The SMILES string of the molecule is Cc1cc(C(=O)CCl)c(C)n1CCCC(=O)NC1CC1. The third kappa shape index (κ3) is 3.63. The second kappa shape index (κ2) is 6.44. The van der Waals surface area contributed by atoms with E-state index < -0.39 is 0 Å². The number of carbonyl (C=O) groups is 2. The molecule has 1 fully saturated rings. The van der Waals surface area contributed by atoms with Crippen molar-refractivity contribution in [3.63, 3.8) is 0 Å². The van der Waals surface area contributed by atoms with Gasteiger partial charge in [0.15, 0.2) is 5.78 Å². The molecule has 20 heavy (non-hydrogen) atoms. The molecule has 1 heterocycles. The minimum absolute atomic E-state index is 0.00802. The molecule has 0 bridgehead atoms. The normalized spacial score (nSPS) is 14.3. The van der Waals surface area contributed by atoms with Gasteiger partial charge in [-0.3, -0.25) is 9.59 Å². The highest BCUT2D eigenvalue weighted by molar-refractivity contribution is 6.30. The van der Waals surface area contributed by atoms with Crippen LogP contribution in [-0.4, -0.2) is 28.2 Å². The molecule has 1 saturated carbocycles. The molecule has 0 unspecified atom stereocenters. The van der Waals surface area contributed by atoms with Gasteiger partial charge in [-0.1, -0.05) is 0 Å². The van der Waals surface area contributed by atoms with Crippen molar-refractivity contribution < 1.29 is 9.59 Å². The molecule has 1 amide bonds. The summed E-state index contributed by atoms with van der Waals surface area (Å²) < 4.78 is 2.09. The van der Waals surface area contributed by atoms with Gasteiger partial charge in [-0.25, -0.2) is 0 Å². The number of alkyl halides is 1.